The molecule has 1 N–H and O–H groups in total. The van der Waals surface area contributed by atoms with Gasteiger partial charge < -0.3 is 4.98 Å². The molecule has 0 unspecified atom stereocenters. The summed E-state index contributed by atoms with van der Waals surface area (Å²) in [6.45, 7) is 0. The lowest BCUT2D eigenvalue weighted by Gasteiger charge is -2.14. The van der Waals surface area contributed by atoms with Crippen molar-refractivity contribution in [3.8, 4) is 6.07 Å². The largest absolute Gasteiger partial charge is 0.342 e. The van der Waals surface area contributed by atoms with Crippen LogP contribution in [0.3, 0.4) is 0 Å². The van der Waals surface area contributed by atoms with Crippen LogP contribution < -0.4 is 0 Å². The number of hydrogen-bond acceptors (Lipinski definition) is 2. The molecule has 3 nitrogen and oxygen atoms in total. The van der Waals surface area contributed by atoms with Crippen LogP contribution in [0.5, 0.6) is 0 Å². The molecule has 1 fully saturated rings. The highest BCUT2D eigenvalue weighted by Gasteiger charge is 2.38. The van der Waals surface area contributed by atoms with Crippen molar-refractivity contribution < 1.29 is 0 Å². The van der Waals surface area contributed by atoms with E-state index in [4.69, 9.17) is 10.2 Å². The highest BCUT2D eigenvalue weighted by atomic mass is 14.9. The molecule has 1 aromatic heterocycles. The number of nitrogens with zero attached hydrogens (tertiary/aromatic N) is 2. The Morgan fingerprint density at radius 2 is 2.22 bits per heavy atom. The Bertz CT molecular complexity index is 689. The van der Waals surface area contributed by atoms with Gasteiger partial charge in [0.2, 0.25) is 0 Å². The third kappa shape index (κ3) is 1.32. The average Bonchev–Trinajstić information content (AvgIpc) is 3.11. The van der Waals surface area contributed by atoms with Gasteiger partial charge in [0.25, 0.3) is 0 Å². The van der Waals surface area contributed by atoms with E-state index in [1.54, 1.807) is 0 Å². The number of nitriles is 1. The first-order valence-electron chi connectivity index (χ1n) is 6.41. The summed E-state index contributed by atoms with van der Waals surface area (Å²) in [5.74, 6) is 3.05. The molecule has 0 radical (unpaired) electrons. The van der Waals surface area contributed by atoms with Gasteiger partial charge in [0, 0.05) is 5.92 Å². The molecule has 88 valence electrons. The molecule has 18 heavy (non-hydrogen) atoms. The molecule has 2 aliphatic rings. The molecule has 0 amide bonds. The molecule has 4 rings (SSSR count). The van der Waals surface area contributed by atoms with Crippen molar-refractivity contribution in [2.45, 2.75) is 18.8 Å². The van der Waals surface area contributed by atoms with Crippen molar-refractivity contribution >= 4 is 11.0 Å². The second-order valence-corrected chi connectivity index (χ2v) is 5.35. The van der Waals surface area contributed by atoms with E-state index >= 15 is 0 Å². The van der Waals surface area contributed by atoms with E-state index in [0.717, 1.165) is 22.8 Å². The van der Waals surface area contributed by atoms with Crippen molar-refractivity contribution in [3.05, 3.63) is 41.7 Å². The number of H-pyrrole nitrogens is 1. The van der Waals surface area contributed by atoms with Crippen LogP contribution in [0.2, 0.25) is 0 Å². The number of nitrogens with one attached hydrogen (secondary N) is 1. The standard InChI is InChI=1S/C15H13N3/c16-8-10-2-4-13-14(7-10)18-15(17-13)12-6-9-1-3-11(12)5-9/h1-4,7,9,11-12H,5-6H2,(H,17,18)/t9-,11+,12+/m0/s1. The average molecular weight is 235 g/mol. The van der Waals surface area contributed by atoms with Gasteiger partial charge in [0.1, 0.15) is 5.82 Å². The molecule has 3 atom stereocenters. The molecular formula is C15H13N3. The molecule has 0 aliphatic heterocycles. The van der Waals surface area contributed by atoms with Gasteiger partial charge in [0.15, 0.2) is 0 Å². The monoisotopic (exact) mass is 235 g/mol. The van der Waals surface area contributed by atoms with Gasteiger partial charge in [-0.2, -0.15) is 5.26 Å². The molecule has 2 aromatic rings. The molecule has 1 heterocycles. The third-order valence-corrected chi connectivity index (χ3v) is 4.26. The van der Waals surface area contributed by atoms with Crippen molar-refractivity contribution in [1.82, 2.24) is 9.97 Å². The van der Waals surface area contributed by atoms with Crippen molar-refractivity contribution in [2.75, 3.05) is 0 Å². The van der Waals surface area contributed by atoms with Gasteiger partial charge in [-0.1, -0.05) is 12.2 Å². The first kappa shape index (κ1) is 9.90. The number of imidazole rings is 1. The van der Waals surface area contributed by atoms with Gasteiger partial charge in [-0.25, -0.2) is 4.98 Å². The smallest absolute Gasteiger partial charge is 0.110 e. The second-order valence-electron chi connectivity index (χ2n) is 5.35. The van der Waals surface area contributed by atoms with Gasteiger partial charge >= 0.3 is 0 Å². The normalized spacial score (nSPS) is 28.9. The Balaban J connectivity index is 1.78. The molecular weight excluding hydrogens is 222 g/mol. The summed E-state index contributed by atoms with van der Waals surface area (Å²) in [4.78, 5) is 8.09. The van der Waals surface area contributed by atoms with Crippen LogP contribution in [0.4, 0.5) is 0 Å². The number of rotatable bonds is 1. The number of aromatic nitrogens is 2. The second kappa shape index (κ2) is 3.46. The lowest BCUT2D eigenvalue weighted by molar-refractivity contribution is 0.559. The van der Waals surface area contributed by atoms with Crippen LogP contribution >= 0.6 is 0 Å². The Kier molecular flexibility index (Phi) is 1.90. The first-order chi connectivity index (χ1) is 8.83. The minimum Gasteiger partial charge on any atom is -0.342 e. The highest BCUT2D eigenvalue weighted by Crippen LogP contribution is 2.48. The van der Waals surface area contributed by atoms with E-state index < -0.39 is 0 Å². The fourth-order valence-electron chi connectivity index (χ4n) is 3.37. The van der Waals surface area contributed by atoms with Crippen LogP contribution in [-0.2, 0) is 0 Å². The van der Waals surface area contributed by atoms with Crippen molar-refractivity contribution in [3.63, 3.8) is 0 Å². The van der Waals surface area contributed by atoms with E-state index in [1.165, 1.54) is 12.8 Å². The van der Waals surface area contributed by atoms with Gasteiger partial charge in [0.05, 0.1) is 22.7 Å². The number of aromatic amines is 1. The Labute approximate surface area is 105 Å². The van der Waals surface area contributed by atoms with Crippen molar-refractivity contribution in [1.29, 1.82) is 5.26 Å². The number of allylic oxidation sites excluding steroid dienone is 2. The Morgan fingerprint density at radius 3 is 2.94 bits per heavy atom. The summed E-state index contributed by atoms with van der Waals surface area (Å²) in [5, 5.41) is 8.91. The van der Waals surface area contributed by atoms with Crippen LogP contribution in [0.25, 0.3) is 11.0 Å². The fraction of sp³-hybridized carbons (Fsp3) is 0.333. The molecule has 1 aromatic carbocycles. The van der Waals surface area contributed by atoms with Crippen LogP contribution in [0.15, 0.2) is 30.4 Å². The lowest BCUT2D eigenvalue weighted by atomic mass is 9.93. The van der Waals surface area contributed by atoms with E-state index in [2.05, 4.69) is 23.2 Å². The molecule has 2 aliphatic carbocycles. The lowest BCUT2D eigenvalue weighted by Crippen LogP contribution is -2.06. The molecule has 2 bridgehead atoms. The minimum atomic E-state index is 0.540. The van der Waals surface area contributed by atoms with E-state index in [1.807, 2.05) is 18.2 Å². The SMILES string of the molecule is N#Cc1ccc2nc([C@@H]3C[C@H]4C=C[C@@H]3C4)[nH]c2c1. The zero-order chi connectivity index (χ0) is 12.1. The predicted octanol–water partition coefficient (Wildman–Crippen LogP) is 3.11. The summed E-state index contributed by atoms with van der Waals surface area (Å²) in [6.07, 6.45) is 7.18. The van der Waals surface area contributed by atoms with Crippen molar-refractivity contribution in [2.24, 2.45) is 11.8 Å². The molecule has 0 spiro atoms. The highest BCUT2D eigenvalue weighted by molar-refractivity contribution is 5.76. The summed E-state index contributed by atoms with van der Waals surface area (Å²) < 4.78 is 0. The minimum absolute atomic E-state index is 0.540. The fourth-order valence-corrected chi connectivity index (χ4v) is 3.37. The van der Waals surface area contributed by atoms with Gasteiger partial charge in [-0.3, -0.25) is 0 Å². The quantitative estimate of drug-likeness (QED) is 0.772. The predicted molar refractivity (Wildman–Crippen MR) is 68.9 cm³/mol. The summed E-state index contributed by atoms with van der Waals surface area (Å²) in [6, 6.07) is 7.80. The van der Waals surface area contributed by atoms with Crippen LogP contribution in [0, 0.1) is 23.2 Å². The Hall–Kier alpha value is -2.08. The number of benzene rings is 1. The van der Waals surface area contributed by atoms with Crippen LogP contribution in [-0.4, -0.2) is 9.97 Å². The summed E-state index contributed by atoms with van der Waals surface area (Å²) in [5.41, 5.74) is 2.64. The van der Waals surface area contributed by atoms with Crippen LogP contribution in [0.1, 0.15) is 30.1 Å². The summed E-state index contributed by atoms with van der Waals surface area (Å²) >= 11 is 0. The topological polar surface area (TPSA) is 52.5 Å². The van der Waals surface area contributed by atoms with E-state index in [9.17, 15) is 0 Å². The van der Waals surface area contributed by atoms with Gasteiger partial charge in [-0.15, -0.1) is 0 Å². The van der Waals surface area contributed by atoms with E-state index in [0.29, 0.717) is 17.4 Å². The maximum absolute atomic E-state index is 8.91. The first-order valence-corrected chi connectivity index (χ1v) is 6.41. The molecule has 3 heteroatoms. The Morgan fingerprint density at radius 1 is 1.28 bits per heavy atom. The number of fused-ring (bicyclic) bond motifs is 3. The number of hydrogen-bond donors (Lipinski definition) is 1. The zero-order valence-corrected chi connectivity index (χ0v) is 9.93. The third-order valence-electron chi connectivity index (χ3n) is 4.26. The molecule has 1 saturated carbocycles. The maximum Gasteiger partial charge on any atom is 0.110 e. The zero-order valence-electron chi connectivity index (χ0n) is 9.93. The van der Waals surface area contributed by atoms with E-state index in [-0.39, 0.29) is 0 Å². The molecule has 0 saturated heterocycles. The summed E-state index contributed by atoms with van der Waals surface area (Å²) in [7, 11) is 0. The maximum atomic E-state index is 8.91. The van der Waals surface area contributed by atoms with Gasteiger partial charge in [-0.05, 0) is 42.9 Å².